The second kappa shape index (κ2) is 7.46. The molecule has 0 bridgehead atoms. The topological polar surface area (TPSA) is 95.6 Å². The summed E-state index contributed by atoms with van der Waals surface area (Å²) in [5.41, 5.74) is 0.678. The maximum Gasteiger partial charge on any atom is 0.278 e. The molecule has 1 heterocycles. The van der Waals surface area contributed by atoms with Gasteiger partial charge in [-0.1, -0.05) is 12.1 Å². The third-order valence-corrected chi connectivity index (χ3v) is 4.65. The van der Waals surface area contributed by atoms with Gasteiger partial charge in [0.25, 0.3) is 5.69 Å². The van der Waals surface area contributed by atoms with Gasteiger partial charge in [-0.3, -0.25) is 10.1 Å². The minimum Gasteiger partial charge on any atom is -0.395 e. The normalized spacial score (nSPS) is 12.5. The van der Waals surface area contributed by atoms with Crippen LogP contribution >= 0.6 is 11.3 Å². The van der Waals surface area contributed by atoms with E-state index < -0.39 is 0 Å². The molecule has 0 spiro atoms. The third kappa shape index (κ3) is 3.69. The van der Waals surface area contributed by atoms with Crippen molar-refractivity contribution in [2.45, 2.75) is 19.0 Å². The van der Waals surface area contributed by atoms with Gasteiger partial charge in [0.05, 0.1) is 29.7 Å². The minimum atomic E-state index is -0.385. The molecular weight excluding hydrogens is 304 g/mol. The van der Waals surface area contributed by atoms with E-state index in [0.717, 1.165) is 9.75 Å². The quantitative estimate of drug-likeness (QED) is 0.537. The highest BCUT2D eigenvalue weighted by Crippen LogP contribution is 2.36. The van der Waals surface area contributed by atoms with Crippen LogP contribution in [0.4, 0.5) is 5.69 Å². The Balaban J connectivity index is 2.23. The largest absolute Gasteiger partial charge is 0.395 e. The van der Waals surface area contributed by atoms with E-state index in [9.17, 15) is 10.1 Å². The summed E-state index contributed by atoms with van der Waals surface area (Å²) in [6.07, 6.45) is 0. The lowest BCUT2D eigenvalue weighted by molar-refractivity contribution is -0.384. The van der Waals surface area contributed by atoms with Gasteiger partial charge in [0.2, 0.25) is 0 Å². The highest BCUT2D eigenvalue weighted by Gasteiger charge is 2.18. The molecule has 1 aromatic carbocycles. The Morgan fingerprint density at radius 3 is 2.55 bits per heavy atom. The Morgan fingerprint density at radius 2 is 1.91 bits per heavy atom. The molecule has 6 nitrogen and oxygen atoms in total. The fourth-order valence-corrected chi connectivity index (χ4v) is 3.22. The third-order valence-electron chi connectivity index (χ3n) is 3.35. The first-order valence-electron chi connectivity index (χ1n) is 6.88. The Kier molecular flexibility index (Phi) is 5.62. The van der Waals surface area contributed by atoms with Crippen LogP contribution in [0.2, 0.25) is 0 Å². The number of benzene rings is 1. The number of para-hydroxylation sites is 1. The van der Waals surface area contributed by atoms with Crippen molar-refractivity contribution in [1.82, 2.24) is 5.32 Å². The molecule has 1 unspecified atom stereocenters. The second-order valence-corrected chi connectivity index (χ2v) is 6.04. The lowest BCUT2D eigenvalue weighted by Gasteiger charge is -2.18. The first kappa shape index (κ1) is 16.6. The monoisotopic (exact) mass is 322 g/mol. The molecule has 0 radical (unpaired) electrons. The van der Waals surface area contributed by atoms with Gasteiger partial charge in [-0.25, -0.2) is 0 Å². The van der Waals surface area contributed by atoms with Gasteiger partial charge in [-0.05, 0) is 25.1 Å². The molecule has 0 aliphatic rings. The summed E-state index contributed by atoms with van der Waals surface area (Å²) >= 11 is 1.46. The van der Waals surface area contributed by atoms with Crippen LogP contribution in [0.25, 0.3) is 10.4 Å². The number of aliphatic hydroxyl groups is 2. The van der Waals surface area contributed by atoms with Crippen LogP contribution in [0.5, 0.6) is 0 Å². The van der Waals surface area contributed by atoms with E-state index in [0.29, 0.717) is 5.56 Å². The van der Waals surface area contributed by atoms with E-state index in [2.05, 4.69) is 5.32 Å². The van der Waals surface area contributed by atoms with Crippen LogP contribution in [-0.4, -0.2) is 34.4 Å². The average molecular weight is 322 g/mol. The summed E-state index contributed by atoms with van der Waals surface area (Å²) in [6, 6.07) is 9.95. The van der Waals surface area contributed by atoms with Gasteiger partial charge in [0, 0.05) is 21.9 Å². The second-order valence-electron chi connectivity index (χ2n) is 4.93. The van der Waals surface area contributed by atoms with E-state index >= 15 is 0 Å². The van der Waals surface area contributed by atoms with Crippen molar-refractivity contribution in [1.29, 1.82) is 0 Å². The molecule has 2 rings (SSSR count). The predicted octanol–water partition coefficient (Wildman–Crippen LogP) is 2.33. The maximum atomic E-state index is 11.1. The minimum absolute atomic E-state index is 0.0641. The molecule has 0 aliphatic carbocycles. The summed E-state index contributed by atoms with van der Waals surface area (Å²) in [6.45, 7) is 1.62. The van der Waals surface area contributed by atoms with Crippen molar-refractivity contribution >= 4 is 17.0 Å². The van der Waals surface area contributed by atoms with Gasteiger partial charge in [0.15, 0.2) is 0 Å². The number of hydrogen-bond donors (Lipinski definition) is 3. The number of thiophene rings is 1. The van der Waals surface area contributed by atoms with Gasteiger partial charge in [0.1, 0.15) is 0 Å². The first-order valence-corrected chi connectivity index (χ1v) is 7.69. The van der Waals surface area contributed by atoms with Crippen LogP contribution in [-0.2, 0) is 0 Å². The van der Waals surface area contributed by atoms with Gasteiger partial charge < -0.3 is 15.5 Å². The Labute approximate surface area is 132 Å². The molecule has 1 atom stereocenters. The SMILES string of the molecule is CC(NC(CO)CO)c1ccc(-c2ccccc2[N+](=O)[O-])s1. The first-order chi connectivity index (χ1) is 10.6. The molecule has 0 saturated carbocycles. The highest BCUT2D eigenvalue weighted by atomic mass is 32.1. The van der Waals surface area contributed by atoms with Crippen LogP contribution in [0.15, 0.2) is 36.4 Å². The molecule has 0 fully saturated rings. The van der Waals surface area contributed by atoms with E-state index in [-0.39, 0.29) is 35.9 Å². The Bertz CT molecular complexity index is 640. The number of rotatable bonds is 7. The molecule has 2 aromatic rings. The molecule has 1 aromatic heterocycles. The molecule has 0 saturated heterocycles. The van der Waals surface area contributed by atoms with Crippen molar-refractivity contribution in [2.24, 2.45) is 0 Å². The predicted molar refractivity (Wildman–Crippen MR) is 85.9 cm³/mol. The van der Waals surface area contributed by atoms with Gasteiger partial charge in [-0.2, -0.15) is 0 Å². The van der Waals surface area contributed by atoms with E-state index in [4.69, 9.17) is 10.2 Å². The van der Waals surface area contributed by atoms with Crippen molar-refractivity contribution in [3.63, 3.8) is 0 Å². The summed E-state index contributed by atoms with van der Waals surface area (Å²) < 4.78 is 0. The van der Waals surface area contributed by atoms with E-state index in [1.54, 1.807) is 18.2 Å². The van der Waals surface area contributed by atoms with Gasteiger partial charge in [-0.15, -0.1) is 11.3 Å². The zero-order valence-corrected chi connectivity index (χ0v) is 12.9. The summed E-state index contributed by atoms with van der Waals surface area (Å²) in [5, 5.41) is 32.4. The Hall–Kier alpha value is -1.80. The van der Waals surface area contributed by atoms with Gasteiger partial charge >= 0.3 is 0 Å². The van der Waals surface area contributed by atoms with Crippen molar-refractivity contribution < 1.29 is 15.1 Å². The smallest absolute Gasteiger partial charge is 0.278 e. The molecule has 118 valence electrons. The summed E-state index contributed by atoms with van der Waals surface area (Å²) in [7, 11) is 0. The van der Waals surface area contributed by atoms with Crippen molar-refractivity contribution in [3.05, 3.63) is 51.4 Å². The number of nitro benzene ring substituents is 1. The lowest BCUT2D eigenvalue weighted by atomic mass is 10.1. The molecule has 0 amide bonds. The fourth-order valence-electron chi connectivity index (χ4n) is 2.17. The fraction of sp³-hybridized carbons (Fsp3) is 0.333. The molecular formula is C15H18N2O4S. The number of aliphatic hydroxyl groups excluding tert-OH is 2. The van der Waals surface area contributed by atoms with Crippen LogP contribution in [0.1, 0.15) is 17.8 Å². The molecule has 7 heteroatoms. The standard InChI is InChI=1S/C15H18N2O4S/c1-10(16-11(8-18)9-19)14-6-7-15(22-14)12-4-2-3-5-13(12)17(20)21/h2-7,10-11,16,18-19H,8-9H2,1H3. The van der Waals surface area contributed by atoms with E-state index in [1.165, 1.54) is 17.4 Å². The zero-order valence-electron chi connectivity index (χ0n) is 12.1. The molecule has 3 N–H and O–H groups in total. The average Bonchev–Trinajstić information content (AvgIpc) is 3.02. The number of nitrogens with zero attached hydrogens (tertiary/aromatic N) is 1. The van der Waals surface area contributed by atoms with Crippen LogP contribution < -0.4 is 5.32 Å². The van der Waals surface area contributed by atoms with Crippen molar-refractivity contribution in [2.75, 3.05) is 13.2 Å². The highest BCUT2D eigenvalue weighted by molar-refractivity contribution is 7.15. The lowest BCUT2D eigenvalue weighted by Crippen LogP contribution is -2.37. The number of nitrogens with one attached hydrogen (secondary N) is 1. The van der Waals surface area contributed by atoms with Crippen LogP contribution in [0.3, 0.4) is 0 Å². The van der Waals surface area contributed by atoms with E-state index in [1.807, 2.05) is 19.1 Å². The molecule has 0 aliphatic heterocycles. The summed E-state index contributed by atoms with van der Waals surface area (Å²) in [5.74, 6) is 0. The number of nitro groups is 1. The summed E-state index contributed by atoms with van der Waals surface area (Å²) in [4.78, 5) is 12.5. The van der Waals surface area contributed by atoms with Crippen LogP contribution in [0, 0.1) is 10.1 Å². The zero-order chi connectivity index (χ0) is 16.1. The number of hydrogen-bond acceptors (Lipinski definition) is 6. The Morgan fingerprint density at radius 1 is 1.23 bits per heavy atom. The molecule has 22 heavy (non-hydrogen) atoms. The maximum absolute atomic E-state index is 11.1. The van der Waals surface area contributed by atoms with Crippen molar-refractivity contribution in [3.8, 4) is 10.4 Å².